The molecule has 0 aliphatic carbocycles. The summed E-state index contributed by atoms with van der Waals surface area (Å²) in [5.41, 5.74) is 0.401. The Bertz CT molecular complexity index is 448. The van der Waals surface area contributed by atoms with Gasteiger partial charge in [-0.05, 0) is 49.6 Å². The van der Waals surface area contributed by atoms with Crippen LogP contribution < -0.4 is 5.32 Å². The summed E-state index contributed by atoms with van der Waals surface area (Å²) >= 11 is 6.45. The van der Waals surface area contributed by atoms with Gasteiger partial charge in [0.25, 0.3) is 0 Å². The third-order valence-corrected chi connectivity index (χ3v) is 4.04. The molecule has 0 saturated carbocycles. The van der Waals surface area contributed by atoms with Gasteiger partial charge in [0.1, 0.15) is 0 Å². The van der Waals surface area contributed by atoms with Gasteiger partial charge in [-0.1, -0.05) is 6.07 Å². The van der Waals surface area contributed by atoms with E-state index in [1.54, 1.807) is 18.2 Å². The molecule has 0 heterocycles. The molecule has 0 spiro atoms. The minimum absolute atomic E-state index is 0.401. The molecule has 1 aromatic carbocycles. The Balaban J connectivity index is 3.01. The maximum absolute atomic E-state index is 12.4. The fraction of sp³-hybridized carbons (Fsp3) is 0.364. The van der Waals surface area contributed by atoms with E-state index in [9.17, 15) is 18.0 Å². The number of amides is 1. The van der Waals surface area contributed by atoms with Crippen LogP contribution in [-0.2, 0) is 4.79 Å². The zero-order chi connectivity index (χ0) is 13.9. The molecule has 0 aliphatic heterocycles. The smallest absolute Gasteiger partial charge is 0.349 e. The van der Waals surface area contributed by atoms with E-state index in [1.807, 2.05) is 0 Å². The minimum Gasteiger partial charge on any atom is -0.349 e. The Morgan fingerprint density at radius 3 is 2.39 bits per heavy atom. The number of carbonyl (C=O) groups excluding carboxylic acids is 1. The maximum Gasteiger partial charge on any atom is 0.391 e. The lowest BCUT2D eigenvalue weighted by atomic mass is 10.0. The zero-order valence-electron chi connectivity index (χ0n) is 9.31. The lowest BCUT2D eigenvalue weighted by Crippen LogP contribution is -2.30. The second kappa shape index (κ2) is 6.06. The van der Waals surface area contributed by atoms with E-state index in [0.29, 0.717) is 10.0 Å². The molecule has 0 fully saturated rings. The number of carbonyl (C=O) groups is 1. The summed E-state index contributed by atoms with van der Waals surface area (Å²) in [7, 11) is 0. The first-order valence-electron chi connectivity index (χ1n) is 4.98. The average Bonchev–Trinajstić information content (AvgIpc) is 2.18. The van der Waals surface area contributed by atoms with Crippen LogP contribution in [0.2, 0.25) is 0 Å². The van der Waals surface area contributed by atoms with E-state index in [4.69, 9.17) is 0 Å². The van der Waals surface area contributed by atoms with Crippen molar-refractivity contribution < 1.29 is 18.0 Å². The molecule has 1 rings (SSSR count). The summed E-state index contributed by atoms with van der Waals surface area (Å²) in [5.74, 6) is -0.497. The molecule has 7 heteroatoms. The van der Waals surface area contributed by atoms with E-state index < -0.39 is 24.5 Å². The number of benzene rings is 1. The van der Waals surface area contributed by atoms with Crippen LogP contribution in [0, 0.1) is 0 Å². The highest BCUT2D eigenvalue weighted by atomic mass is 79.9. The van der Waals surface area contributed by atoms with Crippen molar-refractivity contribution in [3.8, 4) is 0 Å². The van der Waals surface area contributed by atoms with Gasteiger partial charge in [0, 0.05) is 15.9 Å². The molecule has 0 radical (unpaired) electrons. The summed E-state index contributed by atoms with van der Waals surface area (Å²) in [6, 6.07) is 3.65. The first-order chi connectivity index (χ1) is 8.19. The number of hydrogen-bond acceptors (Lipinski definition) is 1. The Labute approximate surface area is 119 Å². The maximum atomic E-state index is 12.4. The molecular formula is C11H10Br2F3NO. The summed E-state index contributed by atoms with van der Waals surface area (Å²) < 4.78 is 38.7. The predicted molar refractivity (Wildman–Crippen MR) is 69.1 cm³/mol. The molecule has 0 bridgehead atoms. The largest absolute Gasteiger partial charge is 0.391 e. The molecule has 1 N–H and O–H groups in total. The molecule has 18 heavy (non-hydrogen) atoms. The molecule has 0 aromatic heterocycles. The Hall–Kier alpha value is -0.560. The Morgan fingerprint density at radius 2 is 1.94 bits per heavy atom. The topological polar surface area (TPSA) is 29.1 Å². The van der Waals surface area contributed by atoms with E-state index >= 15 is 0 Å². The SMILES string of the molecule is CC(=O)NC(CC(F)(F)F)c1ccc(Br)c(Br)c1. The summed E-state index contributed by atoms with van der Waals surface area (Å²) in [6.07, 6.45) is -5.44. The van der Waals surface area contributed by atoms with Crippen molar-refractivity contribution in [1.29, 1.82) is 0 Å². The van der Waals surface area contributed by atoms with E-state index in [0.717, 1.165) is 4.47 Å². The van der Waals surface area contributed by atoms with Crippen LogP contribution in [0.25, 0.3) is 0 Å². The molecule has 0 aliphatic rings. The van der Waals surface area contributed by atoms with Gasteiger partial charge >= 0.3 is 6.18 Å². The molecule has 100 valence electrons. The number of nitrogens with one attached hydrogen (secondary N) is 1. The van der Waals surface area contributed by atoms with Crippen molar-refractivity contribution in [1.82, 2.24) is 5.32 Å². The molecule has 1 amide bonds. The number of halogens is 5. The summed E-state index contributed by atoms with van der Waals surface area (Å²) in [4.78, 5) is 11.0. The fourth-order valence-electron chi connectivity index (χ4n) is 1.46. The van der Waals surface area contributed by atoms with E-state index in [-0.39, 0.29) is 0 Å². The molecule has 0 saturated heterocycles. The molecule has 2 nitrogen and oxygen atoms in total. The van der Waals surface area contributed by atoms with Crippen molar-refractivity contribution in [2.24, 2.45) is 0 Å². The number of hydrogen-bond donors (Lipinski definition) is 1. The highest BCUT2D eigenvalue weighted by Gasteiger charge is 2.33. The van der Waals surface area contributed by atoms with Gasteiger partial charge in [0.2, 0.25) is 5.91 Å². The van der Waals surface area contributed by atoms with Gasteiger partial charge < -0.3 is 5.32 Å². The Morgan fingerprint density at radius 1 is 1.33 bits per heavy atom. The number of alkyl halides is 3. The molecular weight excluding hydrogens is 379 g/mol. The van der Waals surface area contributed by atoms with Gasteiger partial charge in [-0.3, -0.25) is 4.79 Å². The zero-order valence-corrected chi connectivity index (χ0v) is 12.5. The first kappa shape index (κ1) is 15.5. The van der Waals surface area contributed by atoms with Crippen molar-refractivity contribution in [3.05, 3.63) is 32.7 Å². The van der Waals surface area contributed by atoms with E-state index in [2.05, 4.69) is 37.2 Å². The third kappa shape index (κ3) is 4.97. The second-order valence-corrected chi connectivity index (χ2v) is 5.45. The van der Waals surface area contributed by atoms with Crippen LogP contribution in [0.3, 0.4) is 0 Å². The standard InChI is InChI=1S/C11H10Br2F3NO/c1-6(18)17-10(5-11(14,15)16)7-2-3-8(12)9(13)4-7/h2-4,10H,5H2,1H3,(H,17,18). The molecule has 1 unspecified atom stereocenters. The lowest BCUT2D eigenvalue weighted by molar-refractivity contribution is -0.142. The summed E-state index contributed by atoms with van der Waals surface area (Å²) in [6.45, 7) is 1.19. The van der Waals surface area contributed by atoms with Gasteiger partial charge in [0.15, 0.2) is 0 Å². The van der Waals surface area contributed by atoms with Crippen molar-refractivity contribution in [2.75, 3.05) is 0 Å². The van der Waals surface area contributed by atoms with Crippen molar-refractivity contribution >= 4 is 37.8 Å². The summed E-state index contributed by atoms with van der Waals surface area (Å²) in [5, 5.41) is 2.30. The highest BCUT2D eigenvalue weighted by Crippen LogP contribution is 2.32. The third-order valence-electron chi connectivity index (χ3n) is 2.16. The highest BCUT2D eigenvalue weighted by molar-refractivity contribution is 9.13. The van der Waals surface area contributed by atoms with Gasteiger partial charge in [0.05, 0.1) is 12.5 Å². The number of rotatable bonds is 3. The lowest BCUT2D eigenvalue weighted by Gasteiger charge is -2.20. The van der Waals surface area contributed by atoms with Crippen LogP contribution in [0.1, 0.15) is 24.9 Å². The Kier molecular flexibility index (Phi) is 5.21. The first-order valence-corrected chi connectivity index (χ1v) is 6.56. The second-order valence-electron chi connectivity index (χ2n) is 3.75. The molecule has 1 atom stereocenters. The van der Waals surface area contributed by atoms with E-state index in [1.165, 1.54) is 6.92 Å². The predicted octanol–water partition coefficient (Wildman–Crippen LogP) is 4.34. The van der Waals surface area contributed by atoms with Crippen LogP contribution in [0.5, 0.6) is 0 Å². The quantitative estimate of drug-likeness (QED) is 0.819. The average molecular weight is 389 g/mol. The van der Waals surface area contributed by atoms with Crippen LogP contribution >= 0.6 is 31.9 Å². The van der Waals surface area contributed by atoms with Crippen LogP contribution in [-0.4, -0.2) is 12.1 Å². The van der Waals surface area contributed by atoms with Crippen LogP contribution in [0.15, 0.2) is 27.1 Å². The van der Waals surface area contributed by atoms with Gasteiger partial charge in [-0.15, -0.1) is 0 Å². The van der Waals surface area contributed by atoms with Gasteiger partial charge in [-0.2, -0.15) is 13.2 Å². The fourth-order valence-corrected chi connectivity index (χ4v) is 2.10. The normalized spacial score (nSPS) is 13.2. The van der Waals surface area contributed by atoms with Crippen molar-refractivity contribution in [3.63, 3.8) is 0 Å². The van der Waals surface area contributed by atoms with Gasteiger partial charge in [-0.25, -0.2) is 0 Å². The van der Waals surface area contributed by atoms with Crippen LogP contribution in [0.4, 0.5) is 13.2 Å². The minimum atomic E-state index is -4.34. The monoisotopic (exact) mass is 387 g/mol. The molecule has 1 aromatic rings. The van der Waals surface area contributed by atoms with Crippen molar-refractivity contribution in [2.45, 2.75) is 25.6 Å².